The summed E-state index contributed by atoms with van der Waals surface area (Å²) >= 11 is 1.02. The van der Waals surface area contributed by atoms with Gasteiger partial charge < -0.3 is 5.32 Å². The summed E-state index contributed by atoms with van der Waals surface area (Å²) in [5, 5.41) is 10.6. The summed E-state index contributed by atoms with van der Waals surface area (Å²) < 4.78 is 38.6. The highest BCUT2D eigenvalue weighted by atomic mass is 32.2. The highest BCUT2D eigenvalue weighted by Gasteiger charge is 2.27. The molecule has 0 aliphatic carbocycles. The lowest BCUT2D eigenvalue weighted by molar-refractivity contribution is -0.136. The van der Waals surface area contributed by atoms with Crippen LogP contribution in [0.3, 0.4) is 0 Å². The van der Waals surface area contributed by atoms with E-state index in [0.717, 1.165) is 35.0 Å². The van der Waals surface area contributed by atoms with Gasteiger partial charge in [-0.3, -0.25) is 14.3 Å². The molecule has 0 fully saturated rings. The molecule has 0 saturated heterocycles. The number of aryl methyl sites for hydroxylation is 1. The second-order valence-corrected chi connectivity index (χ2v) is 7.02. The van der Waals surface area contributed by atoms with Crippen molar-refractivity contribution in [1.82, 2.24) is 25.1 Å². The molecule has 0 atom stereocenters. The molecule has 3 rings (SSSR count). The predicted molar refractivity (Wildman–Crippen MR) is 104 cm³/mol. The molecule has 0 unspecified atom stereocenters. The Labute approximate surface area is 169 Å². The van der Waals surface area contributed by atoms with Crippen LogP contribution in [0.25, 0.3) is 17.1 Å². The van der Waals surface area contributed by atoms with Gasteiger partial charge >= 0.3 is 6.18 Å². The Balaban J connectivity index is 1.87. The van der Waals surface area contributed by atoms with Crippen LogP contribution in [0, 0.1) is 0 Å². The molecular weight excluding hydrogens is 403 g/mol. The summed E-state index contributed by atoms with van der Waals surface area (Å²) in [7, 11) is 0. The molecular formula is C19H18F3N5OS. The van der Waals surface area contributed by atoms with Crippen LogP contribution in [-0.2, 0) is 11.2 Å². The summed E-state index contributed by atoms with van der Waals surface area (Å²) in [6, 6.07) is 11.4. The van der Waals surface area contributed by atoms with E-state index in [-0.39, 0.29) is 5.75 Å². The first-order valence-electron chi connectivity index (χ1n) is 8.79. The zero-order valence-corrected chi connectivity index (χ0v) is 16.3. The number of carbonyl (C=O) groups excluding carboxylic acids is 1. The van der Waals surface area contributed by atoms with Crippen LogP contribution in [-0.4, -0.2) is 44.1 Å². The highest BCUT2D eigenvalue weighted by Crippen LogP contribution is 2.28. The van der Waals surface area contributed by atoms with E-state index in [9.17, 15) is 18.0 Å². The first-order chi connectivity index (χ1) is 13.9. The number of amides is 1. The summed E-state index contributed by atoms with van der Waals surface area (Å²) in [6.45, 7) is 0.691. The largest absolute Gasteiger partial charge is 0.405 e. The van der Waals surface area contributed by atoms with E-state index in [1.807, 2.05) is 29.6 Å². The van der Waals surface area contributed by atoms with Crippen molar-refractivity contribution >= 4 is 17.7 Å². The number of hydrogen-bond acceptors (Lipinski definition) is 5. The van der Waals surface area contributed by atoms with Gasteiger partial charge in [0, 0.05) is 23.6 Å². The Morgan fingerprint density at radius 3 is 2.41 bits per heavy atom. The van der Waals surface area contributed by atoms with Crippen LogP contribution >= 0.6 is 11.8 Å². The number of halogens is 3. The highest BCUT2D eigenvalue weighted by molar-refractivity contribution is 7.99. The number of nitrogens with zero attached hydrogens (tertiary/aromatic N) is 4. The molecule has 152 valence electrons. The van der Waals surface area contributed by atoms with Gasteiger partial charge in [0.05, 0.1) is 5.75 Å². The minimum Gasteiger partial charge on any atom is -0.346 e. The van der Waals surface area contributed by atoms with Gasteiger partial charge in [-0.1, -0.05) is 30.8 Å². The van der Waals surface area contributed by atoms with Gasteiger partial charge in [-0.05, 0) is 36.2 Å². The summed E-state index contributed by atoms with van der Waals surface area (Å²) in [5.74, 6) is -0.388. The summed E-state index contributed by atoms with van der Waals surface area (Å²) in [4.78, 5) is 15.8. The van der Waals surface area contributed by atoms with Gasteiger partial charge in [0.2, 0.25) is 5.91 Å². The van der Waals surface area contributed by atoms with E-state index in [4.69, 9.17) is 0 Å². The van der Waals surface area contributed by atoms with Crippen LogP contribution in [0.4, 0.5) is 13.2 Å². The SMILES string of the molecule is CCc1ccc(-n2c(SCC(=O)NCC(F)(F)F)nnc2-c2ccncc2)cc1. The lowest BCUT2D eigenvalue weighted by Gasteiger charge is -2.11. The molecule has 0 radical (unpaired) electrons. The van der Waals surface area contributed by atoms with E-state index in [0.29, 0.717) is 11.0 Å². The lowest BCUT2D eigenvalue weighted by Crippen LogP contribution is -2.34. The van der Waals surface area contributed by atoms with E-state index in [1.54, 1.807) is 29.1 Å². The average molecular weight is 421 g/mol. The van der Waals surface area contributed by atoms with Crippen molar-refractivity contribution in [2.24, 2.45) is 0 Å². The molecule has 0 bridgehead atoms. The molecule has 2 aromatic heterocycles. The Morgan fingerprint density at radius 2 is 1.79 bits per heavy atom. The third kappa shape index (κ3) is 5.57. The zero-order chi connectivity index (χ0) is 20.9. The number of aromatic nitrogens is 4. The van der Waals surface area contributed by atoms with Crippen molar-refractivity contribution in [1.29, 1.82) is 0 Å². The monoisotopic (exact) mass is 421 g/mol. The molecule has 0 aliphatic rings. The van der Waals surface area contributed by atoms with Gasteiger partial charge in [0.15, 0.2) is 11.0 Å². The average Bonchev–Trinajstić information content (AvgIpc) is 3.15. The Morgan fingerprint density at radius 1 is 1.10 bits per heavy atom. The molecule has 10 heteroatoms. The van der Waals surface area contributed by atoms with Crippen LogP contribution < -0.4 is 5.32 Å². The van der Waals surface area contributed by atoms with Crippen molar-refractivity contribution in [3.63, 3.8) is 0 Å². The molecule has 0 saturated carbocycles. The Kier molecular flexibility index (Phi) is 6.53. The fraction of sp³-hybridized carbons (Fsp3) is 0.263. The van der Waals surface area contributed by atoms with Crippen molar-refractivity contribution < 1.29 is 18.0 Å². The Hall–Kier alpha value is -2.88. The van der Waals surface area contributed by atoms with Crippen LogP contribution in [0.1, 0.15) is 12.5 Å². The van der Waals surface area contributed by atoms with Gasteiger partial charge in [-0.2, -0.15) is 13.2 Å². The van der Waals surface area contributed by atoms with Crippen LogP contribution in [0.15, 0.2) is 53.9 Å². The maximum Gasteiger partial charge on any atom is 0.405 e. The van der Waals surface area contributed by atoms with Crippen LogP contribution in [0.5, 0.6) is 0 Å². The first kappa shape index (κ1) is 20.8. The third-order valence-corrected chi connectivity index (χ3v) is 4.92. The number of nitrogens with one attached hydrogen (secondary N) is 1. The molecule has 3 aromatic rings. The quantitative estimate of drug-likeness (QED) is 0.590. The standard InChI is InChI=1S/C19H18F3N5OS/c1-2-13-3-5-15(6-4-13)27-17(14-7-9-23-10-8-14)25-26-18(27)29-11-16(28)24-12-19(20,21)22/h3-10H,2,11-12H2,1H3,(H,24,28). The lowest BCUT2D eigenvalue weighted by atomic mass is 10.1. The number of thioether (sulfide) groups is 1. The molecule has 29 heavy (non-hydrogen) atoms. The second-order valence-electron chi connectivity index (χ2n) is 6.08. The van der Waals surface area contributed by atoms with Gasteiger partial charge in [-0.15, -0.1) is 10.2 Å². The predicted octanol–water partition coefficient (Wildman–Crippen LogP) is 3.66. The minimum absolute atomic E-state index is 0.211. The number of rotatable bonds is 7. The molecule has 0 aliphatic heterocycles. The maximum atomic E-state index is 12.3. The van der Waals surface area contributed by atoms with Crippen molar-refractivity contribution in [3.05, 3.63) is 54.4 Å². The minimum atomic E-state index is -4.45. The van der Waals surface area contributed by atoms with Gasteiger partial charge in [-0.25, -0.2) is 0 Å². The Bertz CT molecular complexity index is 958. The van der Waals surface area contributed by atoms with Crippen LogP contribution in [0.2, 0.25) is 0 Å². The van der Waals surface area contributed by atoms with E-state index >= 15 is 0 Å². The van der Waals surface area contributed by atoms with E-state index in [2.05, 4.69) is 22.1 Å². The third-order valence-electron chi connectivity index (χ3n) is 3.99. The summed E-state index contributed by atoms with van der Waals surface area (Å²) in [5.41, 5.74) is 2.73. The number of carbonyl (C=O) groups is 1. The van der Waals surface area contributed by atoms with Gasteiger partial charge in [0.25, 0.3) is 0 Å². The topological polar surface area (TPSA) is 72.7 Å². The normalized spacial score (nSPS) is 11.4. The van der Waals surface area contributed by atoms with E-state index < -0.39 is 18.6 Å². The van der Waals surface area contributed by atoms with Crippen molar-refractivity contribution in [2.45, 2.75) is 24.7 Å². The van der Waals surface area contributed by atoms with Crippen molar-refractivity contribution in [2.75, 3.05) is 12.3 Å². The number of alkyl halides is 3. The second kappa shape index (κ2) is 9.08. The first-order valence-corrected chi connectivity index (χ1v) is 9.77. The fourth-order valence-electron chi connectivity index (χ4n) is 2.54. The fourth-order valence-corrected chi connectivity index (χ4v) is 3.33. The zero-order valence-electron chi connectivity index (χ0n) is 15.5. The molecule has 1 aromatic carbocycles. The smallest absolute Gasteiger partial charge is 0.346 e. The molecule has 6 nitrogen and oxygen atoms in total. The number of pyridine rings is 1. The number of benzene rings is 1. The van der Waals surface area contributed by atoms with E-state index in [1.165, 1.54) is 0 Å². The van der Waals surface area contributed by atoms with Crippen molar-refractivity contribution in [3.8, 4) is 17.1 Å². The molecule has 1 N–H and O–H groups in total. The maximum absolute atomic E-state index is 12.3. The molecule has 1 amide bonds. The van der Waals surface area contributed by atoms with Gasteiger partial charge in [0.1, 0.15) is 6.54 Å². The molecule has 2 heterocycles. The summed E-state index contributed by atoms with van der Waals surface area (Å²) in [6.07, 6.45) is -0.297. The molecule has 0 spiro atoms. The number of hydrogen-bond donors (Lipinski definition) is 1.